The Morgan fingerprint density at radius 1 is 1.27 bits per heavy atom. The van der Waals surface area contributed by atoms with E-state index in [1.54, 1.807) is 6.20 Å². The average Bonchev–Trinajstić information content (AvgIpc) is 2.59. The first-order chi connectivity index (χ1) is 12.1. The maximum atomic E-state index is 9.28. The fourth-order valence-electron chi connectivity index (χ4n) is 2.51. The van der Waals surface area contributed by atoms with E-state index in [2.05, 4.69) is 27.2 Å². The number of nitrogens with one attached hydrogen (secondary N) is 1. The summed E-state index contributed by atoms with van der Waals surface area (Å²) in [6, 6.07) is 5.91. The molecule has 0 aromatic carbocycles. The van der Waals surface area contributed by atoms with Gasteiger partial charge in [-0.3, -0.25) is 4.98 Å². The summed E-state index contributed by atoms with van der Waals surface area (Å²) in [7, 11) is 0. The lowest BCUT2D eigenvalue weighted by molar-refractivity contribution is 0.275. The van der Waals surface area contributed by atoms with E-state index >= 15 is 0 Å². The minimum atomic E-state index is 0. The standard InChI is InChI=1S/C18H27N5O2.H2S/c1-3-4-7-14(9-10-24)22-17-16(11-20-18(19)23-17)25-12-15-8-5-6-13(2)21-15;/h5-6,8,11,14,24H,3-4,7,9-10,12H2,1-2H3,(H3,19,20,22,23);1H2/t14-;/m0./s1. The number of aryl methyl sites for hydroxylation is 1. The minimum Gasteiger partial charge on any atom is -0.482 e. The van der Waals surface area contributed by atoms with E-state index < -0.39 is 0 Å². The fourth-order valence-corrected chi connectivity index (χ4v) is 2.51. The van der Waals surface area contributed by atoms with Crippen molar-refractivity contribution in [3.63, 3.8) is 0 Å². The minimum absolute atomic E-state index is 0. The van der Waals surface area contributed by atoms with E-state index in [-0.39, 0.29) is 32.1 Å². The molecule has 0 amide bonds. The maximum Gasteiger partial charge on any atom is 0.222 e. The quantitative estimate of drug-likeness (QED) is 0.583. The van der Waals surface area contributed by atoms with Crippen LogP contribution in [-0.2, 0) is 6.61 Å². The van der Waals surface area contributed by atoms with Crippen LogP contribution in [0.25, 0.3) is 0 Å². The summed E-state index contributed by atoms with van der Waals surface area (Å²) in [5, 5.41) is 12.6. The van der Waals surface area contributed by atoms with Gasteiger partial charge in [-0.1, -0.05) is 25.8 Å². The third kappa shape index (κ3) is 7.05. The molecule has 0 radical (unpaired) electrons. The van der Waals surface area contributed by atoms with Crippen molar-refractivity contribution in [3.05, 3.63) is 35.8 Å². The van der Waals surface area contributed by atoms with Gasteiger partial charge in [-0.2, -0.15) is 18.5 Å². The van der Waals surface area contributed by atoms with Crippen molar-refractivity contribution in [1.29, 1.82) is 0 Å². The van der Waals surface area contributed by atoms with Crippen LogP contribution in [0, 0.1) is 6.92 Å². The summed E-state index contributed by atoms with van der Waals surface area (Å²) in [6.45, 7) is 4.52. The first-order valence-corrected chi connectivity index (χ1v) is 8.67. The van der Waals surface area contributed by atoms with E-state index in [9.17, 15) is 5.11 Å². The normalized spacial score (nSPS) is 11.5. The molecule has 4 N–H and O–H groups in total. The lowest BCUT2D eigenvalue weighted by Gasteiger charge is -2.20. The van der Waals surface area contributed by atoms with Crippen molar-refractivity contribution in [1.82, 2.24) is 15.0 Å². The Kier molecular flexibility index (Phi) is 9.75. The lowest BCUT2D eigenvalue weighted by Crippen LogP contribution is -2.22. The summed E-state index contributed by atoms with van der Waals surface area (Å²) in [4.78, 5) is 12.7. The first kappa shape index (κ1) is 22.0. The second-order valence-electron chi connectivity index (χ2n) is 6.00. The van der Waals surface area contributed by atoms with Crippen molar-refractivity contribution in [3.8, 4) is 5.75 Å². The Morgan fingerprint density at radius 2 is 2.08 bits per heavy atom. The molecule has 0 saturated carbocycles. The molecule has 8 heteroatoms. The number of aromatic nitrogens is 3. The van der Waals surface area contributed by atoms with Crippen LogP contribution in [-0.4, -0.2) is 32.7 Å². The zero-order valence-corrected chi connectivity index (χ0v) is 16.4. The molecule has 26 heavy (non-hydrogen) atoms. The van der Waals surface area contributed by atoms with Gasteiger partial charge in [-0.15, -0.1) is 0 Å². The molecule has 0 aliphatic heterocycles. The number of nitrogens with zero attached hydrogens (tertiary/aromatic N) is 3. The molecule has 0 unspecified atom stereocenters. The molecule has 2 heterocycles. The van der Waals surface area contributed by atoms with Crippen molar-refractivity contribution in [2.45, 2.75) is 52.2 Å². The zero-order chi connectivity index (χ0) is 18.1. The van der Waals surface area contributed by atoms with E-state index in [1.807, 2.05) is 25.1 Å². The number of anilines is 2. The molecule has 2 aromatic rings. The first-order valence-electron chi connectivity index (χ1n) is 8.67. The third-order valence-corrected chi connectivity index (χ3v) is 3.82. The highest BCUT2D eigenvalue weighted by Gasteiger charge is 2.14. The van der Waals surface area contributed by atoms with Gasteiger partial charge in [-0.05, 0) is 31.9 Å². The van der Waals surface area contributed by atoms with Crippen molar-refractivity contribution in [2.24, 2.45) is 0 Å². The number of aliphatic hydroxyl groups is 1. The van der Waals surface area contributed by atoms with Gasteiger partial charge in [0, 0.05) is 18.3 Å². The highest BCUT2D eigenvalue weighted by Crippen LogP contribution is 2.25. The molecule has 144 valence electrons. The highest BCUT2D eigenvalue weighted by molar-refractivity contribution is 7.59. The lowest BCUT2D eigenvalue weighted by atomic mass is 10.1. The van der Waals surface area contributed by atoms with Crippen LogP contribution in [0.4, 0.5) is 11.8 Å². The molecular weight excluding hydrogens is 350 g/mol. The summed E-state index contributed by atoms with van der Waals surface area (Å²) in [5.41, 5.74) is 7.50. The highest BCUT2D eigenvalue weighted by atomic mass is 32.1. The summed E-state index contributed by atoms with van der Waals surface area (Å²) in [6.07, 6.45) is 5.32. The van der Waals surface area contributed by atoms with Crippen LogP contribution in [0.3, 0.4) is 0 Å². The molecule has 0 aliphatic carbocycles. The Labute approximate surface area is 161 Å². The van der Waals surface area contributed by atoms with Gasteiger partial charge in [0.1, 0.15) is 6.61 Å². The Morgan fingerprint density at radius 3 is 2.77 bits per heavy atom. The molecule has 1 atom stereocenters. The van der Waals surface area contributed by atoms with Gasteiger partial charge in [0.25, 0.3) is 0 Å². The molecule has 0 spiro atoms. The van der Waals surface area contributed by atoms with Crippen LogP contribution < -0.4 is 15.8 Å². The van der Waals surface area contributed by atoms with E-state index in [0.29, 0.717) is 24.6 Å². The monoisotopic (exact) mass is 379 g/mol. The molecule has 0 saturated heterocycles. The van der Waals surface area contributed by atoms with Crippen molar-refractivity contribution in [2.75, 3.05) is 17.7 Å². The Balaban J connectivity index is 0.00000338. The largest absolute Gasteiger partial charge is 0.482 e. The van der Waals surface area contributed by atoms with Crippen LogP contribution in [0.2, 0.25) is 0 Å². The SMILES string of the molecule is CCCC[C@@H](CCO)Nc1nc(N)ncc1OCc1cccc(C)n1.S. The Bertz CT molecular complexity index is 672. The topological polar surface area (TPSA) is 106 Å². The average molecular weight is 380 g/mol. The molecule has 0 bridgehead atoms. The van der Waals surface area contributed by atoms with Gasteiger partial charge in [0.2, 0.25) is 5.95 Å². The predicted molar refractivity (Wildman–Crippen MR) is 109 cm³/mol. The van der Waals surface area contributed by atoms with Crippen LogP contribution in [0.1, 0.15) is 44.0 Å². The number of hydrogen-bond donors (Lipinski definition) is 3. The van der Waals surface area contributed by atoms with Gasteiger partial charge in [-0.25, -0.2) is 4.98 Å². The second kappa shape index (κ2) is 11.5. The van der Waals surface area contributed by atoms with E-state index in [0.717, 1.165) is 30.7 Å². The smallest absolute Gasteiger partial charge is 0.222 e. The number of rotatable bonds is 10. The molecular formula is C18H29N5O2S. The van der Waals surface area contributed by atoms with Gasteiger partial charge in [0.05, 0.1) is 11.9 Å². The summed E-state index contributed by atoms with van der Waals surface area (Å²) >= 11 is 0. The molecule has 7 nitrogen and oxygen atoms in total. The van der Waals surface area contributed by atoms with Gasteiger partial charge in [0.15, 0.2) is 11.6 Å². The van der Waals surface area contributed by atoms with Crippen LogP contribution >= 0.6 is 13.5 Å². The van der Waals surface area contributed by atoms with Crippen molar-refractivity contribution >= 4 is 25.3 Å². The van der Waals surface area contributed by atoms with Crippen LogP contribution in [0.5, 0.6) is 5.75 Å². The number of hydrogen-bond acceptors (Lipinski definition) is 7. The number of unbranched alkanes of at least 4 members (excludes halogenated alkanes) is 1. The number of nitrogens with two attached hydrogens (primary N) is 1. The van der Waals surface area contributed by atoms with Crippen molar-refractivity contribution < 1.29 is 9.84 Å². The number of ether oxygens (including phenoxy) is 1. The van der Waals surface area contributed by atoms with Gasteiger partial charge >= 0.3 is 0 Å². The molecule has 0 fully saturated rings. The Hall–Kier alpha value is -2.06. The summed E-state index contributed by atoms with van der Waals surface area (Å²) in [5.74, 6) is 1.26. The summed E-state index contributed by atoms with van der Waals surface area (Å²) < 4.78 is 5.85. The fraction of sp³-hybridized carbons (Fsp3) is 0.500. The number of nitrogen functional groups attached to an aromatic ring is 1. The molecule has 0 aliphatic rings. The number of aliphatic hydroxyl groups excluding tert-OH is 1. The third-order valence-electron chi connectivity index (χ3n) is 3.82. The molecule has 2 aromatic heterocycles. The predicted octanol–water partition coefficient (Wildman–Crippen LogP) is 2.81. The molecule has 2 rings (SSSR count). The van der Waals surface area contributed by atoms with E-state index in [1.165, 1.54) is 0 Å². The van der Waals surface area contributed by atoms with E-state index in [4.69, 9.17) is 10.5 Å². The number of pyridine rings is 1. The van der Waals surface area contributed by atoms with Gasteiger partial charge < -0.3 is 20.9 Å². The maximum absolute atomic E-state index is 9.28. The zero-order valence-electron chi connectivity index (χ0n) is 15.4. The van der Waals surface area contributed by atoms with Crippen LogP contribution in [0.15, 0.2) is 24.4 Å². The second-order valence-corrected chi connectivity index (χ2v) is 6.00.